The number of nitrogens with zero attached hydrogens (tertiary/aromatic N) is 3. The molecule has 0 aliphatic carbocycles. The van der Waals surface area contributed by atoms with Gasteiger partial charge in [-0.3, -0.25) is 14.2 Å². The quantitative estimate of drug-likeness (QED) is 0.380. The lowest BCUT2D eigenvalue weighted by atomic mass is 10.1. The molecule has 10 heteroatoms. The second-order valence-corrected chi connectivity index (χ2v) is 9.31. The Morgan fingerprint density at radius 3 is 2.66 bits per heavy atom. The summed E-state index contributed by atoms with van der Waals surface area (Å²) in [6.45, 7) is 5.02. The number of phenols is 1. The predicted octanol–water partition coefficient (Wildman–Crippen LogP) is 4.22. The molecule has 0 radical (unpaired) electrons. The zero-order chi connectivity index (χ0) is 24.8. The van der Waals surface area contributed by atoms with Crippen molar-refractivity contribution >= 4 is 35.0 Å². The Labute approximate surface area is 208 Å². The van der Waals surface area contributed by atoms with E-state index in [2.05, 4.69) is 20.8 Å². The molecule has 0 bridgehead atoms. The second kappa shape index (κ2) is 11.4. The third-order valence-corrected chi connectivity index (χ3v) is 6.67. The predicted molar refractivity (Wildman–Crippen MR) is 136 cm³/mol. The summed E-state index contributed by atoms with van der Waals surface area (Å²) in [4.78, 5) is 24.5. The third-order valence-electron chi connectivity index (χ3n) is 5.70. The van der Waals surface area contributed by atoms with E-state index in [0.29, 0.717) is 35.3 Å². The summed E-state index contributed by atoms with van der Waals surface area (Å²) in [7, 11) is 0. The van der Waals surface area contributed by atoms with E-state index in [0.717, 1.165) is 30.6 Å². The van der Waals surface area contributed by atoms with Crippen molar-refractivity contribution < 1.29 is 19.4 Å². The lowest BCUT2D eigenvalue weighted by molar-refractivity contribution is -0.116. The van der Waals surface area contributed by atoms with Crippen LogP contribution in [0, 0.1) is 6.92 Å². The molecule has 0 spiro atoms. The number of anilines is 2. The van der Waals surface area contributed by atoms with Crippen molar-refractivity contribution in [1.29, 1.82) is 0 Å². The van der Waals surface area contributed by atoms with Gasteiger partial charge in [0.15, 0.2) is 11.0 Å². The first-order valence-corrected chi connectivity index (χ1v) is 12.6. The number of hydrogen-bond donors (Lipinski definition) is 3. The Bertz CT molecular complexity index is 1190. The molecule has 35 heavy (non-hydrogen) atoms. The molecule has 1 saturated heterocycles. The number of rotatable bonds is 9. The Morgan fingerprint density at radius 2 is 1.94 bits per heavy atom. The van der Waals surface area contributed by atoms with Crippen LogP contribution in [0.4, 0.5) is 11.4 Å². The van der Waals surface area contributed by atoms with Crippen molar-refractivity contribution in [3.8, 4) is 17.1 Å². The molecule has 2 amide bonds. The van der Waals surface area contributed by atoms with Gasteiger partial charge in [0, 0.05) is 30.0 Å². The minimum Gasteiger partial charge on any atom is -0.508 e. The summed E-state index contributed by atoms with van der Waals surface area (Å²) in [5, 5.41) is 24.7. The van der Waals surface area contributed by atoms with Gasteiger partial charge in [-0.05, 0) is 61.7 Å². The number of aryl methyl sites for hydroxylation is 1. The number of hydrogen-bond acceptors (Lipinski definition) is 7. The van der Waals surface area contributed by atoms with Gasteiger partial charge in [-0.25, -0.2) is 0 Å². The number of ether oxygens (including phenoxy) is 1. The molecule has 4 rings (SSSR count). The lowest BCUT2D eigenvalue weighted by Crippen LogP contribution is -2.18. The summed E-state index contributed by atoms with van der Waals surface area (Å²) in [6, 6.07) is 12.2. The van der Waals surface area contributed by atoms with Crippen LogP contribution in [0.1, 0.15) is 31.7 Å². The summed E-state index contributed by atoms with van der Waals surface area (Å²) in [6.07, 6.45) is 2.43. The van der Waals surface area contributed by atoms with Gasteiger partial charge in [0.1, 0.15) is 5.75 Å². The first-order valence-electron chi connectivity index (χ1n) is 11.6. The zero-order valence-electron chi connectivity index (χ0n) is 19.8. The topological polar surface area (TPSA) is 118 Å². The van der Waals surface area contributed by atoms with Gasteiger partial charge in [-0.15, -0.1) is 10.2 Å². The van der Waals surface area contributed by atoms with E-state index in [-0.39, 0.29) is 29.4 Å². The van der Waals surface area contributed by atoms with Crippen LogP contribution in [0.15, 0.2) is 47.6 Å². The van der Waals surface area contributed by atoms with Crippen molar-refractivity contribution in [2.45, 2.75) is 50.9 Å². The third kappa shape index (κ3) is 6.40. The van der Waals surface area contributed by atoms with Gasteiger partial charge in [0.25, 0.3) is 0 Å². The Hall–Kier alpha value is -3.37. The summed E-state index contributed by atoms with van der Waals surface area (Å²) >= 11 is 1.30. The Balaban J connectivity index is 1.46. The van der Waals surface area contributed by atoms with Gasteiger partial charge in [0.2, 0.25) is 11.8 Å². The fourth-order valence-electron chi connectivity index (χ4n) is 3.78. The number of nitrogens with one attached hydrogen (secondary N) is 2. The van der Waals surface area contributed by atoms with Crippen LogP contribution >= 0.6 is 11.8 Å². The monoisotopic (exact) mass is 495 g/mol. The fraction of sp³-hybridized carbons (Fsp3) is 0.360. The lowest BCUT2D eigenvalue weighted by Gasteiger charge is -2.15. The number of aromatic hydroxyl groups is 1. The first kappa shape index (κ1) is 24.7. The van der Waals surface area contributed by atoms with Crippen LogP contribution in [-0.2, 0) is 20.9 Å². The highest BCUT2D eigenvalue weighted by Gasteiger charge is 2.22. The van der Waals surface area contributed by atoms with Gasteiger partial charge < -0.3 is 20.5 Å². The minimum absolute atomic E-state index is 0.0688. The highest BCUT2D eigenvalue weighted by atomic mass is 32.2. The Morgan fingerprint density at radius 1 is 1.14 bits per heavy atom. The molecule has 3 aromatic rings. The molecule has 1 atom stereocenters. The van der Waals surface area contributed by atoms with Crippen LogP contribution in [0.5, 0.6) is 5.75 Å². The highest BCUT2D eigenvalue weighted by Crippen LogP contribution is 2.28. The normalized spacial score (nSPS) is 15.2. The first-order chi connectivity index (χ1) is 16.9. The van der Waals surface area contributed by atoms with Crippen molar-refractivity contribution in [3.63, 3.8) is 0 Å². The number of thioether (sulfide) groups is 1. The maximum Gasteiger partial charge on any atom is 0.234 e. The maximum absolute atomic E-state index is 12.7. The average Bonchev–Trinajstić information content (AvgIpc) is 3.51. The summed E-state index contributed by atoms with van der Waals surface area (Å²) < 4.78 is 7.79. The van der Waals surface area contributed by atoms with Crippen LogP contribution in [0.25, 0.3) is 11.4 Å². The molecule has 184 valence electrons. The molecular weight excluding hydrogens is 466 g/mol. The van der Waals surface area contributed by atoms with Crippen molar-refractivity contribution in [2.24, 2.45) is 0 Å². The fourth-order valence-corrected chi connectivity index (χ4v) is 4.52. The van der Waals surface area contributed by atoms with E-state index in [1.165, 1.54) is 11.8 Å². The molecule has 1 aliphatic heterocycles. The smallest absolute Gasteiger partial charge is 0.234 e. The van der Waals surface area contributed by atoms with E-state index < -0.39 is 0 Å². The van der Waals surface area contributed by atoms with Crippen LogP contribution in [0.3, 0.4) is 0 Å². The molecule has 1 fully saturated rings. The van der Waals surface area contributed by atoms with E-state index in [1.807, 2.05) is 23.6 Å². The van der Waals surface area contributed by atoms with Crippen LogP contribution < -0.4 is 10.6 Å². The molecule has 1 aromatic heterocycles. The van der Waals surface area contributed by atoms with Crippen molar-refractivity contribution in [1.82, 2.24) is 14.8 Å². The molecule has 0 saturated carbocycles. The van der Waals surface area contributed by atoms with Crippen molar-refractivity contribution in [3.05, 3.63) is 48.0 Å². The number of amides is 2. The van der Waals surface area contributed by atoms with Crippen molar-refractivity contribution in [2.75, 3.05) is 23.0 Å². The summed E-state index contributed by atoms with van der Waals surface area (Å²) in [5.41, 5.74) is 3.03. The standard InChI is InChI=1S/C25H29N5O4S/c1-3-22(32)27-21-13-18(9-6-16(21)2)26-23(33)15-35-25-29-28-24(17-7-10-19(31)11-8-17)30(25)14-20-5-4-12-34-20/h6-11,13,20,31H,3-5,12,14-15H2,1-2H3,(H,26,33)(H,27,32). The number of carbonyl (C=O) groups excluding carboxylic acids is 2. The van der Waals surface area contributed by atoms with Gasteiger partial charge in [0.05, 0.1) is 18.4 Å². The second-order valence-electron chi connectivity index (χ2n) is 8.37. The van der Waals surface area contributed by atoms with Gasteiger partial charge in [-0.1, -0.05) is 24.8 Å². The van der Waals surface area contributed by atoms with E-state index in [1.54, 1.807) is 37.3 Å². The van der Waals surface area contributed by atoms with Crippen LogP contribution in [0.2, 0.25) is 0 Å². The molecule has 3 N–H and O–H groups in total. The maximum atomic E-state index is 12.7. The Kier molecular flexibility index (Phi) is 8.04. The number of benzene rings is 2. The largest absolute Gasteiger partial charge is 0.508 e. The average molecular weight is 496 g/mol. The molecule has 2 aromatic carbocycles. The SMILES string of the molecule is CCC(=O)Nc1cc(NC(=O)CSc2nnc(-c3ccc(O)cc3)n2CC2CCCO2)ccc1C. The van der Waals surface area contributed by atoms with Gasteiger partial charge in [-0.2, -0.15) is 0 Å². The van der Waals surface area contributed by atoms with E-state index in [4.69, 9.17) is 4.74 Å². The number of carbonyl (C=O) groups is 2. The molecule has 1 unspecified atom stereocenters. The van der Waals surface area contributed by atoms with Gasteiger partial charge >= 0.3 is 0 Å². The number of aromatic nitrogens is 3. The molecule has 9 nitrogen and oxygen atoms in total. The number of phenolic OH excluding ortho intramolecular Hbond substituents is 1. The molecular formula is C25H29N5O4S. The summed E-state index contributed by atoms with van der Waals surface area (Å²) in [5.74, 6) is 0.715. The zero-order valence-corrected chi connectivity index (χ0v) is 20.6. The minimum atomic E-state index is -0.190. The van der Waals surface area contributed by atoms with E-state index in [9.17, 15) is 14.7 Å². The van der Waals surface area contributed by atoms with E-state index >= 15 is 0 Å². The molecule has 1 aliphatic rings. The van der Waals surface area contributed by atoms with Crippen LogP contribution in [-0.4, -0.2) is 50.1 Å². The molecule has 2 heterocycles. The highest BCUT2D eigenvalue weighted by molar-refractivity contribution is 7.99.